The lowest BCUT2D eigenvalue weighted by atomic mass is 9.90. The van der Waals surface area contributed by atoms with Crippen LogP contribution in [-0.2, 0) is 0 Å². The van der Waals surface area contributed by atoms with Crippen molar-refractivity contribution in [3.05, 3.63) is 273 Å². The van der Waals surface area contributed by atoms with Crippen LogP contribution in [0.25, 0.3) is 127 Å². The molecule has 0 saturated carbocycles. The van der Waals surface area contributed by atoms with E-state index in [4.69, 9.17) is 0 Å². The fraction of sp³-hybridized carbons (Fsp3) is 0. The van der Waals surface area contributed by atoms with Crippen molar-refractivity contribution in [1.29, 1.82) is 0 Å². The van der Waals surface area contributed by atoms with Crippen molar-refractivity contribution in [3.8, 4) is 83.6 Å². The molecular formula is C68H45N. The molecule has 0 bridgehead atoms. The van der Waals surface area contributed by atoms with Crippen LogP contribution in [0.1, 0.15) is 0 Å². The standard InChI is InChI=1S/C68H45N/c1-3-13-46(14-4-1)48-23-27-50(28-24-48)52-31-33-54(34-32-52)56-39-41-68-65(43-56)66(55-37-35-53(36-38-55)51-29-25-49(26-30-51)47-15-5-2-6-16-47)45-69(68)67-42-40-62(60-20-11-12-22-63(60)67)64-44-57-17-7-8-18-58(57)59-19-9-10-21-61(59)64/h1-45H. The summed E-state index contributed by atoms with van der Waals surface area (Å²) in [6.07, 6.45) is 2.35. The summed E-state index contributed by atoms with van der Waals surface area (Å²) in [5.74, 6) is 0. The highest BCUT2D eigenvalue weighted by molar-refractivity contribution is 6.17. The van der Waals surface area contributed by atoms with E-state index in [9.17, 15) is 0 Å². The Kier molecular flexibility index (Phi) is 9.91. The number of nitrogens with zero attached hydrogens (tertiary/aromatic N) is 1. The number of hydrogen-bond donors (Lipinski definition) is 0. The maximum Gasteiger partial charge on any atom is 0.0535 e. The summed E-state index contributed by atoms with van der Waals surface area (Å²) in [5, 5.41) is 8.72. The van der Waals surface area contributed by atoms with Gasteiger partial charge in [-0.1, -0.05) is 243 Å². The highest BCUT2D eigenvalue weighted by Crippen LogP contribution is 2.42. The third-order valence-corrected chi connectivity index (χ3v) is 14.1. The zero-order valence-corrected chi connectivity index (χ0v) is 37.9. The van der Waals surface area contributed by atoms with E-state index in [1.54, 1.807) is 0 Å². The predicted molar refractivity (Wildman–Crippen MR) is 294 cm³/mol. The average molecular weight is 876 g/mol. The first kappa shape index (κ1) is 40.3. The van der Waals surface area contributed by atoms with E-state index >= 15 is 0 Å². The van der Waals surface area contributed by atoms with Gasteiger partial charge in [0.25, 0.3) is 0 Å². The van der Waals surface area contributed by atoms with E-state index in [0.29, 0.717) is 0 Å². The van der Waals surface area contributed by atoms with E-state index in [2.05, 4.69) is 278 Å². The molecule has 0 aliphatic carbocycles. The first-order valence-electron chi connectivity index (χ1n) is 23.8. The van der Waals surface area contributed by atoms with Gasteiger partial charge in [0.1, 0.15) is 0 Å². The van der Waals surface area contributed by atoms with Crippen LogP contribution in [0.5, 0.6) is 0 Å². The summed E-state index contributed by atoms with van der Waals surface area (Å²) in [4.78, 5) is 0. The number of rotatable bonds is 8. The molecule has 1 heterocycles. The molecule has 69 heavy (non-hydrogen) atoms. The van der Waals surface area contributed by atoms with Gasteiger partial charge in [-0.3, -0.25) is 0 Å². The van der Waals surface area contributed by atoms with Gasteiger partial charge in [-0.2, -0.15) is 0 Å². The van der Waals surface area contributed by atoms with Gasteiger partial charge < -0.3 is 4.57 Å². The Morgan fingerprint density at radius 3 is 1.13 bits per heavy atom. The Bertz CT molecular complexity index is 3990. The van der Waals surface area contributed by atoms with Crippen molar-refractivity contribution < 1.29 is 0 Å². The highest BCUT2D eigenvalue weighted by Gasteiger charge is 2.18. The van der Waals surface area contributed by atoms with Gasteiger partial charge in [0.2, 0.25) is 0 Å². The molecule has 0 unspecified atom stereocenters. The first-order valence-corrected chi connectivity index (χ1v) is 23.8. The largest absolute Gasteiger partial charge is 0.315 e. The zero-order chi connectivity index (χ0) is 45.7. The summed E-state index contributed by atoms with van der Waals surface area (Å²) >= 11 is 0. The number of benzene rings is 12. The Morgan fingerprint density at radius 1 is 0.203 bits per heavy atom. The molecule has 12 aromatic carbocycles. The first-order chi connectivity index (χ1) is 34.2. The lowest BCUT2D eigenvalue weighted by Crippen LogP contribution is -1.95. The minimum absolute atomic E-state index is 1.15. The molecular weight excluding hydrogens is 831 g/mol. The lowest BCUT2D eigenvalue weighted by Gasteiger charge is -2.16. The number of fused-ring (bicyclic) bond motifs is 5. The molecule has 0 radical (unpaired) electrons. The molecule has 322 valence electrons. The molecule has 0 aliphatic heterocycles. The quantitative estimate of drug-likeness (QED) is 0.134. The van der Waals surface area contributed by atoms with Crippen molar-refractivity contribution >= 4 is 43.2 Å². The molecule has 13 rings (SSSR count). The molecule has 0 aliphatic rings. The van der Waals surface area contributed by atoms with Crippen molar-refractivity contribution in [1.82, 2.24) is 4.57 Å². The zero-order valence-electron chi connectivity index (χ0n) is 37.9. The van der Waals surface area contributed by atoms with E-state index < -0.39 is 0 Å². The number of aromatic nitrogens is 1. The maximum absolute atomic E-state index is 2.41. The SMILES string of the molecule is c1ccc(-c2ccc(-c3ccc(-c4ccc5c(c4)c(-c4ccc(-c6ccc(-c7ccccc7)cc6)cc4)cn5-c4ccc(-c5cc6ccccc6c6ccccc56)c5ccccc45)cc3)cc2)cc1. The van der Waals surface area contributed by atoms with Gasteiger partial charge in [0.15, 0.2) is 0 Å². The summed E-state index contributed by atoms with van der Waals surface area (Å²) in [7, 11) is 0. The van der Waals surface area contributed by atoms with Crippen LogP contribution >= 0.6 is 0 Å². The van der Waals surface area contributed by atoms with Crippen molar-refractivity contribution in [2.45, 2.75) is 0 Å². The normalized spacial score (nSPS) is 11.5. The fourth-order valence-electron chi connectivity index (χ4n) is 10.5. The Morgan fingerprint density at radius 2 is 0.594 bits per heavy atom. The second kappa shape index (κ2) is 17.0. The van der Waals surface area contributed by atoms with Crippen LogP contribution in [0.2, 0.25) is 0 Å². The monoisotopic (exact) mass is 875 g/mol. The van der Waals surface area contributed by atoms with Gasteiger partial charge >= 0.3 is 0 Å². The molecule has 0 atom stereocenters. The average Bonchev–Trinajstić information content (AvgIpc) is 3.82. The summed E-state index contributed by atoms with van der Waals surface area (Å²) in [5.41, 5.74) is 19.3. The minimum atomic E-state index is 1.15. The van der Waals surface area contributed by atoms with E-state index in [-0.39, 0.29) is 0 Å². The van der Waals surface area contributed by atoms with Crippen LogP contribution in [0.4, 0.5) is 0 Å². The van der Waals surface area contributed by atoms with Crippen molar-refractivity contribution in [3.63, 3.8) is 0 Å². The van der Waals surface area contributed by atoms with E-state index in [0.717, 1.165) is 5.69 Å². The van der Waals surface area contributed by atoms with Crippen LogP contribution in [-0.4, -0.2) is 4.57 Å². The molecule has 0 amide bonds. The maximum atomic E-state index is 2.41. The van der Waals surface area contributed by atoms with Gasteiger partial charge in [0.05, 0.1) is 11.2 Å². The van der Waals surface area contributed by atoms with Crippen LogP contribution in [0.15, 0.2) is 273 Å². The topological polar surface area (TPSA) is 4.93 Å². The molecule has 1 aromatic heterocycles. The van der Waals surface area contributed by atoms with Crippen LogP contribution in [0.3, 0.4) is 0 Å². The lowest BCUT2D eigenvalue weighted by molar-refractivity contribution is 1.14. The Balaban J connectivity index is 0.917. The molecule has 1 heteroatoms. The van der Waals surface area contributed by atoms with Gasteiger partial charge in [-0.25, -0.2) is 0 Å². The van der Waals surface area contributed by atoms with Gasteiger partial charge in [0, 0.05) is 22.5 Å². The third kappa shape index (κ3) is 7.29. The molecule has 0 N–H and O–H groups in total. The van der Waals surface area contributed by atoms with Crippen molar-refractivity contribution in [2.24, 2.45) is 0 Å². The molecule has 0 fully saturated rings. The summed E-state index contributed by atoms with van der Waals surface area (Å²) in [6, 6.07) is 97.6. The Hall–Kier alpha value is -9.04. The summed E-state index contributed by atoms with van der Waals surface area (Å²) < 4.78 is 2.41. The second-order valence-corrected chi connectivity index (χ2v) is 18.1. The number of hydrogen-bond acceptors (Lipinski definition) is 0. The molecule has 1 nitrogen and oxygen atoms in total. The van der Waals surface area contributed by atoms with Crippen LogP contribution < -0.4 is 0 Å². The van der Waals surface area contributed by atoms with Crippen LogP contribution in [0, 0.1) is 0 Å². The van der Waals surface area contributed by atoms with Gasteiger partial charge in [-0.15, -0.1) is 0 Å². The highest BCUT2D eigenvalue weighted by atomic mass is 15.0. The van der Waals surface area contributed by atoms with E-state index in [1.165, 1.54) is 121 Å². The molecule has 0 saturated heterocycles. The van der Waals surface area contributed by atoms with Crippen molar-refractivity contribution in [2.75, 3.05) is 0 Å². The smallest absolute Gasteiger partial charge is 0.0535 e. The molecule has 13 aromatic rings. The summed E-state index contributed by atoms with van der Waals surface area (Å²) in [6.45, 7) is 0. The van der Waals surface area contributed by atoms with E-state index in [1.807, 2.05) is 0 Å². The fourth-order valence-corrected chi connectivity index (χ4v) is 10.5. The third-order valence-electron chi connectivity index (χ3n) is 14.1. The second-order valence-electron chi connectivity index (χ2n) is 18.1. The Labute approximate surface area is 402 Å². The molecule has 0 spiro atoms. The minimum Gasteiger partial charge on any atom is -0.315 e. The van der Waals surface area contributed by atoms with Gasteiger partial charge in [-0.05, 0) is 124 Å². The predicted octanol–water partition coefficient (Wildman–Crippen LogP) is 18.8.